The monoisotopic (exact) mass is 99.1 g/mol. The van der Waals surface area contributed by atoms with Crippen LogP contribution in [0.3, 0.4) is 0 Å². The zero-order chi connectivity index (χ0) is 5.28. The zero-order valence-corrected chi connectivity index (χ0v) is 4.35. The van der Waals surface area contributed by atoms with Crippen LogP contribution in [0.15, 0.2) is 0 Å². The lowest BCUT2D eigenvalue weighted by Crippen LogP contribution is -2.52. The molecule has 1 fully saturated rings. The minimum absolute atomic E-state index is 0.153. The van der Waals surface area contributed by atoms with Crippen molar-refractivity contribution in [2.45, 2.75) is 13.0 Å². The highest BCUT2D eigenvalue weighted by Crippen LogP contribution is 2.07. The molecule has 1 aliphatic rings. The maximum absolute atomic E-state index is 9.94. The molecular weight excluding hydrogens is 90.1 g/mol. The van der Waals surface area contributed by atoms with Gasteiger partial charge in [0, 0.05) is 6.54 Å². The first-order valence-corrected chi connectivity index (χ1v) is 2.53. The maximum atomic E-state index is 9.94. The maximum Gasteiger partial charge on any atom is 0.137 e. The van der Waals surface area contributed by atoms with E-state index in [2.05, 4.69) is 12.2 Å². The van der Waals surface area contributed by atoms with Crippen LogP contribution < -0.4 is 5.32 Å². The molecular formula is C5H9NO. The smallest absolute Gasteiger partial charge is 0.137 e. The van der Waals surface area contributed by atoms with E-state index in [1.54, 1.807) is 0 Å². The van der Waals surface area contributed by atoms with E-state index in [-0.39, 0.29) is 6.04 Å². The van der Waals surface area contributed by atoms with Crippen LogP contribution in [-0.2, 0) is 4.79 Å². The van der Waals surface area contributed by atoms with Crippen LogP contribution in [0.1, 0.15) is 6.92 Å². The standard InChI is InChI=1S/C5H9NO/c1-4-2-6-5(4)3-7/h3-6H,2H2,1H3. The Balaban J connectivity index is 2.28. The van der Waals surface area contributed by atoms with Gasteiger partial charge in [-0.3, -0.25) is 0 Å². The molecule has 2 nitrogen and oxygen atoms in total. The summed E-state index contributed by atoms with van der Waals surface area (Å²) in [7, 11) is 0. The molecule has 0 spiro atoms. The average Bonchev–Trinajstić information content (AvgIpc) is 1.65. The summed E-state index contributed by atoms with van der Waals surface area (Å²) in [6.07, 6.45) is 0.966. The third-order valence-corrected chi connectivity index (χ3v) is 1.44. The van der Waals surface area contributed by atoms with Crippen LogP contribution in [0.5, 0.6) is 0 Å². The topological polar surface area (TPSA) is 29.1 Å². The fourth-order valence-corrected chi connectivity index (χ4v) is 0.672. The first-order valence-electron chi connectivity index (χ1n) is 2.53. The molecule has 0 saturated carbocycles. The molecule has 0 amide bonds. The van der Waals surface area contributed by atoms with Crippen molar-refractivity contribution in [2.75, 3.05) is 6.54 Å². The second-order valence-electron chi connectivity index (χ2n) is 2.05. The summed E-state index contributed by atoms with van der Waals surface area (Å²) in [5.41, 5.74) is 0. The van der Waals surface area contributed by atoms with Crippen LogP contribution in [0.25, 0.3) is 0 Å². The van der Waals surface area contributed by atoms with E-state index >= 15 is 0 Å². The molecule has 0 radical (unpaired) electrons. The van der Waals surface area contributed by atoms with Crippen molar-refractivity contribution < 1.29 is 4.79 Å². The van der Waals surface area contributed by atoms with Crippen molar-refractivity contribution in [2.24, 2.45) is 5.92 Å². The SMILES string of the molecule is CC1CNC1C=O. The number of hydrogen-bond acceptors (Lipinski definition) is 2. The van der Waals surface area contributed by atoms with E-state index in [4.69, 9.17) is 0 Å². The molecule has 0 aromatic heterocycles. The molecule has 1 N–H and O–H groups in total. The summed E-state index contributed by atoms with van der Waals surface area (Å²) in [5.74, 6) is 0.567. The molecule has 40 valence electrons. The van der Waals surface area contributed by atoms with E-state index < -0.39 is 0 Å². The Morgan fingerprint density at radius 2 is 2.57 bits per heavy atom. The predicted molar refractivity (Wildman–Crippen MR) is 27.0 cm³/mol. The van der Waals surface area contributed by atoms with Crippen LogP contribution in [-0.4, -0.2) is 18.9 Å². The first kappa shape index (κ1) is 4.78. The first-order chi connectivity index (χ1) is 3.34. The summed E-state index contributed by atoms with van der Waals surface area (Å²) in [5, 5.41) is 2.98. The van der Waals surface area contributed by atoms with Crippen molar-refractivity contribution in [3.8, 4) is 0 Å². The van der Waals surface area contributed by atoms with Crippen molar-refractivity contribution in [1.82, 2.24) is 5.32 Å². The third kappa shape index (κ3) is 0.657. The van der Waals surface area contributed by atoms with Gasteiger partial charge in [-0.1, -0.05) is 6.92 Å². The number of rotatable bonds is 1. The lowest BCUT2D eigenvalue weighted by Gasteiger charge is -2.30. The molecule has 1 rings (SSSR count). The van der Waals surface area contributed by atoms with Crippen LogP contribution in [0.4, 0.5) is 0 Å². The Labute approximate surface area is 42.9 Å². The van der Waals surface area contributed by atoms with Gasteiger partial charge in [0.1, 0.15) is 6.29 Å². The zero-order valence-electron chi connectivity index (χ0n) is 4.35. The number of hydrogen-bond donors (Lipinski definition) is 1. The molecule has 0 aliphatic carbocycles. The van der Waals surface area contributed by atoms with Crippen LogP contribution in [0.2, 0.25) is 0 Å². The van der Waals surface area contributed by atoms with Crippen molar-refractivity contribution in [1.29, 1.82) is 0 Å². The molecule has 0 aromatic rings. The Morgan fingerprint density at radius 3 is 2.57 bits per heavy atom. The molecule has 1 saturated heterocycles. The van der Waals surface area contributed by atoms with E-state index in [1.807, 2.05) is 0 Å². The van der Waals surface area contributed by atoms with E-state index in [9.17, 15) is 4.79 Å². The van der Waals surface area contributed by atoms with Gasteiger partial charge in [0.2, 0.25) is 0 Å². The summed E-state index contributed by atoms with van der Waals surface area (Å²) in [6, 6.07) is 0.153. The van der Waals surface area contributed by atoms with E-state index in [0.29, 0.717) is 5.92 Å². The predicted octanol–water partition coefficient (Wildman–Crippen LogP) is -0.207. The van der Waals surface area contributed by atoms with Gasteiger partial charge >= 0.3 is 0 Å². The fourth-order valence-electron chi connectivity index (χ4n) is 0.672. The molecule has 2 unspecified atom stereocenters. The Morgan fingerprint density at radius 1 is 1.86 bits per heavy atom. The lowest BCUT2D eigenvalue weighted by molar-refractivity contribution is -0.112. The lowest BCUT2D eigenvalue weighted by atomic mass is 9.96. The molecule has 2 heteroatoms. The highest BCUT2D eigenvalue weighted by atomic mass is 16.1. The fraction of sp³-hybridized carbons (Fsp3) is 0.800. The highest BCUT2D eigenvalue weighted by molar-refractivity contribution is 5.59. The second-order valence-corrected chi connectivity index (χ2v) is 2.05. The average molecular weight is 99.1 g/mol. The Kier molecular flexibility index (Phi) is 1.11. The second kappa shape index (κ2) is 1.62. The molecule has 1 heterocycles. The van der Waals surface area contributed by atoms with Gasteiger partial charge in [-0.25, -0.2) is 0 Å². The van der Waals surface area contributed by atoms with E-state index in [0.717, 1.165) is 12.8 Å². The normalized spacial score (nSPS) is 39.6. The van der Waals surface area contributed by atoms with Gasteiger partial charge in [0.05, 0.1) is 6.04 Å². The van der Waals surface area contributed by atoms with Gasteiger partial charge < -0.3 is 10.1 Å². The molecule has 0 bridgehead atoms. The van der Waals surface area contributed by atoms with E-state index in [1.165, 1.54) is 0 Å². The Hall–Kier alpha value is -0.370. The van der Waals surface area contributed by atoms with Crippen LogP contribution in [0, 0.1) is 5.92 Å². The van der Waals surface area contributed by atoms with Gasteiger partial charge in [-0.2, -0.15) is 0 Å². The van der Waals surface area contributed by atoms with Crippen molar-refractivity contribution in [3.63, 3.8) is 0 Å². The van der Waals surface area contributed by atoms with Crippen LogP contribution >= 0.6 is 0 Å². The summed E-state index contributed by atoms with van der Waals surface area (Å²) in [4.78, 5) is 9.94. The third-order valence-electron chi connectivity index (χ3n) is 1.44. The number of carbonyl (C=O) groups is 1. The molecule has 1 aliphatic heterocycles. The summed E-state index contributed by atoms with van der Waals surface area (Å²) < 4.78 is 0. The number of aldehydes is 1. The Bertz CT molecular complexity index is 82.1. The highest BCUT2D eigenvalue weighted by Gasteiger charge is 2.24. The number of nitrogens with one attached hydrogen (secondary N) is 1. The molecule has 2 atom stereocenters. The van der Waals surface area contributed by atoms with Gasteiger partial charge in [-0.05, 0) is 5.92 Å². The van der Waals surface area contributed by atoms with Gasteiger partial charge in [0.15, 0.2) is 0 Å². The number of carbonyl (C=O) groups excluding carboxylic acids is 1. The summed E-state index contributed by atoms with van der Waals surface area (Å²) >= 11 is 0. The molecule has 7 heavy (non-hydrogen) atoms. The largest absolute Gasteiger partial charge is 0.307 e. The minimum Gasteiger partial charge on any atom is -0.307 e. The quantitative estimate of drug-likeness (QED) is 0.461. The minimum atomic E-state index is 0.153. The summed E-state index contributed by atoms with van der Waals surface area (Å²) in [6.45, 7) is 3.07. The van der Waals surface area contributed by atoms with Gasteiger partial charge in [0.25, 0.3) is 0 Å². The van der Waals surface area contributed by atoms with Crippen molar-refractivity contribution >= 4 is 6.29 Å². The van der Waals surface area contributed by atoms with Crippen molar-refractivity contribution in [3.05, 3.63) is 0 Å². The molecule has 0 aromatic carbocycles. The van der Waals surface area contributed by atoms with Gasteiger partial charge in [-0.15, -0.1) is 0 Å².